The van der Waals surface area contributed by atoms with Crippen molar-refractivity contribution >= 4 is 22.4 Å². The summed E-state index contributed by atoms with van der Waals surface area (Å²) in [5.41, 5.74) is 5.69. The van der Waals surface area contributed by atoms with Gasteiger partial charge in [-0.15, -0.1) is 11.3 Å². The predicted octanol–water partition coefficient (Wildman–Crippen LogP) is 4.28. The Bertz CT molecular complexity index is 1200. The molecule has 2 aromatic heterocycles. The maximum absolute atomic E-state index is 10.3. The van der Waals surface area contributed by atoms with Crippen LogP contribution in [0.3, 0.4) is 0 Å². The molecular formula is C25H28N4OS. The zero-order valence-corrected chi connectivity index (χ0v) is 18.8. The fourth-order valence-corrected chi connectivity index (χ4v) is 5.60. The summed E-state index contributed by atoms with van der Waals surface area (Å²) in [7, 11) is 2.13. The molecule has 0 radical (unpaired) electrons. The van der Waals surface area contributed by atoms with E-state index in [1.54, 1.807) is 0 Å². The number of thiazole rings is 1. The van der Waals surface area contributed by atoms with Crippen molar-refractivity contribution in [3.63, 3.8) is 0 Å². The monoisotopic (exact) mass is 432 g/mol. The van der Waals surface area contributed by atoms with Gasteiger partial charge in [0.2, 0.25) is 0 Å². The molecule has 0 spiro atoms. The van der Waals surface area contributed by atoms with E-state index in [1.165, 1.54) is 21.7 Å². The van der Waals surface area contributed by atoms with E-state index in [1.807, 2.05) is 41.7 Å². The van der Waals surface area contributed by atoms with Gasteiger partial charge < -0.3 is 15.0 Å². The van der Waals surface area contributed by atoms with Crippen LogP contribution in [0.1, 0.15) is 51.0 Å². The van der Waals surface area contributed by atoms with Crippen molar-refractivity contribution in [3.05, 3.63) is 81.1 Å². The number of rotatable bonds is 7. The van der Waals surface area contributed by atoms with Crippen LogP contribution in [-0.4, -0.2) is 32.7 Å². The molecule has 6 heteroatoms. The largest absolute Gasteiger partial charge is 0.387 e. The van der Waals surface area contributed by atoms with Gasteiger partial charge in [-0.25, -0.2) is 9.97 Å². The third-order valence-electron chi connectivity index (χ3n) is 6.23. The quantitative estimate of drug-likeness (QED) is 0.428. The Balaban J connectivity index is 1.26. The molecule has 1 unspecified atom stereocenters. The van der Waals surface area contributed by atoms with Crippen LogP contribution < -0.4 is 5.32 Å². The molecule has 1 aliphatic rings. The summed E-state index contributed by atoms with van der Waals surface area (Å²) in [6.45, 7) is 3.47. The van der Waals surface area contributed by atoms with E-state index < -0.39 is 6.10 Å². The van der Waals surface area contributed by atoms with E-state index in [0.29, 0.717) is 12.5 Å². The Morgan fingerprint density at radius 2 is 2.03 bits per heavy atom. The van der Waals surface area contributed by atoms with E-state index in [2.05, 4.69) is 42.1 Å². The average molecular weight is 433 g/mol. The maximum Gasteiger partial charge on any atom is 0.118 e. The van der Waals surface area contributed by atoms with Crippen LogP contribution >= 0.6 is 11.3 Å². The van der Waals surface area contributed by atoms with Gasteiger partial charge in [-0.2, -0.15) is 0 Å². The third kappa shape index (κ3) is 4.03. The Hall–Kier alpha value is -2.54. The Morgan fingerprint density at radius 3 is 2.87 bits per heavy atom. The minimum absolute atomic E-state index is 0.307. The summed E-state index contributed by atoms with van der Waals surface area (Å²) in [5.74, 6) is 1.43. The number of aliphatic hydroxyl groups is 1. The van der Waals surface area contributed by atoms with Gasteiger partial charge in [0.05, 0.1) is 33.8 Å². The predicted molar refractivity (Wildman–Crippen MR) is 126 cm³/mol. The van der Waals surface area contributed by atoms with Crippen molar-refractivity contribution in [1.82, 2.24) is 19.9 Å². The molecule has 0 bridgehead atoms. The van der Waals surface area contributed by atoms with Crippen LogP contribution in [0.2, 0.25) is 0 Å². The lowest BCUT2D eigenvalue weighted by molar-refractivity contribution is 0.175. The molecule has 0 fully saturated rings. The molecule has 160 valence electrons. The molecule has 2 N–H and O–H groups in total. The third-order valence-corrected chi connectivity index (χ3v) is 7.27. The lowest BCUT2D eigenvalue weighted by atomic mass is 10.1. The Labute approximate surface area is 186 Å². The number of aryl methyl sites for hydroxylation is 3. The Kier molecular flexibility index (Phi) is 5.61. The molecule has 2 heterocycles. The van der Waals surface area contributed by atoms with Crippen molar-refractivity contribution in [2.75, 3.05) is 13.1 Å². The summed E-state index contributed by atoms with van der Waals surface area (Å²) in [6.07, 6.45) is 2.65. The van der Waals surface area contributed by atoms with Crippen molar-refractivity contribution in [2.45, 2.75) is 38.2 Å². The molecule has 0 amide bonds. The summed E-state index contributed by atoms with van der Waals surface area (Å²) in [5, 5.41) is 14.8. The van der Waals surface area contributed by atoms with Crippen LogP contribution in [0.15, 0.2) is 48.5 Å². The molecule has 5 nitrogen and oxygen atoms in total. The number of imidazole rings is 1. The van der Waals surface area contributed by atoms with Gasteiger partial charge in [-0.05, 0) is 56.0 Å². The van der Waals surface area contributed by atoms with Crippen molar-refractivity contribution in [3.8, 4) is 0 Å². The zero-order valence-electron chi connectivity index (χ0n) is 18.0. The second-order valence-electron chi connectivity index (χ2n) is 8.37. The summed E-state index contributed by atoms with van der Waals surface area (Å²) < 4.78 is 2.25. The molecule has 4 aromatic rings. The number of aliphatic hydroxyl groups excluding tert-OH is 1. The first kappa shape index (κ1) is 20.4. The van der Waals surface area contributed by atoms with Crippen molar-refractivity contribution in [2.24, 2.45) is 7.05 Å². The second kappa shape index (κ2) is 8.54. The number of hydrogen-bond acceptors (Lipinski definition) is 5. The van der Waals surface area contributed by atoms with E-state index in [4.69, 9.17) is 9.97 Å². The van der Waals surface area contributed by atoms with Gasteiger partial charge in [0.25, 0.3) is 0 Å². The van der Waals surface area contributed by atoms with Crippen LogP contribution in [-0.2, 0) is 19.9 Å². The van der Waals surface area contributed by atoms with Gasteiger partial charge in [-0.3, -0.25) is 0 Å². The van der Waals surface area contributed by atoms with Crippen molar-refractivity contribution < 1.29 is 5.11 Å². The second-order valence-corrected chi connectivity index (χ2v) is 9.65. The highest BCUT2D eigenvalue weighted by molar-refractivity contribution is 7.11. The number of aromatic nitrogens is 3. The molecule has 0 saturated carbocycles. The molecule has 31 heavy (non-hydrogen) atoms. The van der Waals surface area contributed by atoms with Crippen LogP contribution in [0.25, 0.3) is 11.0 Å². The van der Waals surface area contributed by atoms with Crippen LogP contribution in [0.4, 0.5) is 0 Å². The van der Waals surface area contributed by atoms with Gasteiger partial charge in [-0.1, -0.05) is 36.4 Å². The molecule has 0 saturated heterocycles. The van der Waals surface area contributed by atoms with Gasteiger partial charge >= 0.3 is 0 Å². The first-order valence-electron chi connectivity index (χ1n) is 11.0. The van der Waals surface area contributed by atoms with E-state index in [9.17, 15) is 5.11 Å². The van der Waals surface area contributed by atoms with E-state index in [0.717, 1.165) is 47.7 Å². The average Bonchev–Trinajstić information content (AvgIpc) is 3.44. The number of nitrogens with one attached hydrogen (secondary N) is 1. The number of fused-ring (bicyclic) bond motifs is 2. The minimum Gasteiger partial charge on any atom is -0.387 e. The first-order chi connectivity index (χ1) is 15.1. The summed E-state index contributed by atoms with van der Waals surface area (Å²) in [4.78, 5) is 11.2. The molecule has 0 aliphatic heterocycles. The molecule has 5 rings (SSSR count). The first-order valence-corrected chi connectivity index (χ1v) is 11.8. The summed E-state index contributed by atoms with van der Waals surface area (Å²) in [6, 6.07) is 16.4. The maximum atomic E-state index is 10.3. The minimum atomic E-state index is -0.478. The number of benzene rings is 2. The van der Waals surface area contributed by atoms with Gasteiger partial charge in [0.1, 0.15) is 5.82 Å². The van der Waals surface area contributed by atoms with Crippen LogP contribution in [0, 0.1) is 6.92 Å². The topological polar surface area (TPSA) is 63.0 Å². The van der Waals surface area contributed by atoms with E-state index >= 15 is 0 Å². The molecule has 1 aliphatic carbocycles. The van der Waals surface area contributed by atoms with E-state index in [-0.39, 0.29) is 0 Å². The standard InChI is InChI=1S/C25H28N4OS/c1-16-27-24-19(9-11-23(24)31-16)25-28-20-10-8-17(14-21(20)29(25)2)12-13-26-15-22(30)18-6-4-3-5-7-18/h3-8,10,14,19,22,26,30H,9,11-13,15H2,1-2H3/t19?,22-/m0/s1. The molecule has 2 atom stereocenters. The molecule has 2 aromatic carbocycles. The smallest absolute Gasteiger partial charge is 0.118 e. The highest BCUT2D eigenvalue weighted by Crippen LogP contribution is 2.40. The summed E-state index contributed by atoms with van der Waals surface area (Å²) >= 11 is 1.83. The lowest BCUT2D eigenvalue weighted by Crippen LogP contribution is -2.23. The highest BCUT2D eigenvalue weighted by Gasteiger charge is 2.31. The van der Waals surface area contributed by atoms with Gasteiger partial charge in [0, 0.05) is 18.5 Å². The molecular weight excluding hydrogens is 404 g/mol. The van der Waals surface area contributed by atoms with Gasteiger partial charge in [0.15, 0.2) is 0 Å². The van der Waals surface area contributed by atoms with Crippen molar-refractivity contribution in [1.29, 1.82) is 0 Å². The van der Waals surface area contributed by atoms with Crippen LogP contribution in [0.5, 0.6) is 0 Å². The SMILES string of the molecule is Cc1nc2c(s1)CCC2c1nc2ccc(CCNC[C@H](O)c3ccccc3)cc2n1C. The Morgan fingerprint density at radius 1 is 1.19 bits per heavy atom. The fourth-order valence-electron chi connectivity index (χ4n) is 4.59. The number of nitrogens with zero attached hydrogens (tertiary/aromatic N) is 3. The number of hydrogen-bond donors (Lipinski definition) is 2. The lowest BCUT2D eigenvalue weighted by Gasteiger charge is -2.12. The normalized spacial score (nSPS) is 16.7. The fraction of sp³-hybridized carbons (Fsp3) is 0.360. The highest BCUT2D eigenvalue weighted by atomic mass is 32.1. The zero-order chi connectivity index (χ0) is 21.4.